The van der Waals surface area contributed by atoms with E-state index in [0.717, 1.165) is 98.7 Å². The maximum atomic E-state index is 13.4. The van der Waals surface area contributed by atoms with Crippen LogP contribution >= 0.6 is 0 Å². The van der Waals surface area contributed by atoms with Crippen molar-refractivity contribution >= 4 is 52.4 Å². The number of carbonyl (C=O) groups excluding carboxylic acids is 6. The van der Waals surface area contributed by atoms with Gasteiger partial charge >= 0.3 is 0 Å². The summed E-state index contributed by atoms with van der Waals surface area (Å²) in [5, 5.41) is 8.81. The molecular formula is C44H51N11O7. The van der Waals surface area contributed by atoms with Gasteiger partial charge in [-0.3, -0.25) is 39.0 Å². The van der Waals surface area contributed by atoms with E-state index < -0.39 is 29.7 Å². The number of ether oxygens (including phenoxy) is 1. The van der Waals surface area contributed by atoms with Crippen LogP contribution < -0.4 is 20.7 Å². The van der Waals surface area contributed by atoms with Crippen LogP contribution in [0.2, 0.25) is 0 Å². The number of anilines is 1. The molecule has 0 spiro atoms. The first-order valence-electron chi connectivity index (χ1n) is 21.7. The summed E-state index contributed by atoms with van der Waals surface area (Å²) < 4.78 is 7.95. The highest BCUT2D eigenvalue weighted by molar-refractivity contribution is 6.24. The first kappa shape index (κ1) is 41.1. The van der Waals surface area contributed by atoms with Crippen molar-refractivity contribution in [2.45, 2.75) is 82.8 Å². The quantitative estimate of drug-likeness (QED) is 0.165. The highest BCUT2D eigenvalue weighted by Gasteiger charge is 2.46. The molecule has 18 nitrogen and oxygen atoms in total. The number of imidazole rings is 1. The molecule has 3 saturated heterocycles. The van der Waals surface area contributed by atoms with E-state index in [9.17, 15) is 28.8 Å². The fraction of sp³-hybridized carbons (Fsp3) is 0.500. The number of imide groups is 2. The van der Waals surface area contributed by atoms with Crippen molar-refractivity contribution in [1.82, 2.24) is 49.8 Å². The zero-order valence-electron chi connectivity index (χ0n) is 34.8. The number of aromatic nitrogens is 5. The van der Waals surface area contributed by atoms with Crippen LogP contribution in [0.4, 0.5) is 5.82 Å². The van der Waals surface area contributed by atoms with Crippen LogP contribution in [0.1, 0.15) is 101 Å². The Morgan fingerprint density at radius 1 is 0.887 bits per heavy atom. The number of benzene rings is 1. The second kappa shape index (κ2) is 17.6. The fourth-order valence-electron chi connectivity index (χ4n) is 9.53. The number of pyridine rings is 1. The van der Waals surface area contributed by atoms with Gasteiger partial charge in [-0.25, -0.2) is 19.9 Å². The van der Waals surface area contributed by atoms with E-state index in [1.807, 2.05) is 25.4 Å². The number of likely N-dealkylation sites (tertiary alicyclic amines) is 2. The predicted molar refractivity (Wildman–Crippen MR) is 224 cm³/mol. The van der Waals surface area contributed by atoms with E-state index in [1.54, 1.807) is 29.4 Å². The normalized spacial score (nSPS) is 22.4. The molecule has 1 saturated carbocycles. The average Bonchev–Trinajstić information content (AvgIpc) is 3.80. The standard InChI is InChI=1S/C44H51N11O7/c1-26-4-2-6-32(49-26)41(58)50-29-20-30(21-29)54-25-48-38-39(46-24-47-40(38)54)45-15-10-27-11-16-52(17-12-27)22-28-13-18-53(19-14-28)36(57)23-62-34-7-3-5-31-37(34)44(61)55(43(31)60)33-8-9-35(56)51-42(33)59/h2-7,24-25,27-30,33H,8-23H2,1H3,(H,50,58)(H,45,46,47)(H,51,56,59)/t29?,30?,33-/m0/s1. The summed E-state index contributed by atoms with van der Waals surface area (Å²) in [5.74, 6) is -0.765. The van der Waals surface area contributed by atoms with Crippen LogP contribution in [-0.4, -0.2) is 133 Å². The fourth-order valence-corrected chi connectivity index (χ4v) is 9.53. The maximum Gasteiger partial charge on any atom is 0.270 e. The molecule has 6 amide bonds. The van der Waals surface area contributed by atoms with Crippen molar-refractivity contribution in [2.24, 2.45) is 11.8 Å². The molecule has 3 aromatic heterocycles. The molecule has 7 heterocycles. The number of hydrogen-bond acceptors (Lipinski definition) is 13. The maximum absolute atomic E-state index is 13.4. The molecule has 0 unspecified atom stereocenters. The van der Waals surface area contributed by atoms with Gasteiger partial charge in [-0.1, -0.05) is 12.1 Å². The molecule has 1 aliphatic carbocycles. The Kier molecular flexibility index (Phi) is 11.7. The molecule has 5 aliphatic rings. The van der Waals surface area contributed by atoms with Gasteiger partial charge in [0.25, 0.3) is 23.6 Å². The van der Waals surface area contributed by atoms with Crippen molar-refractivity contribution in [3.63, 3.8) is 0 Å². The molecule has 4 aliphatic heterocycles. The van der Waals surface area contributed by atoms with E-state index in [2.05, 4.69) is 45.4 Å². The first-order chi connectivity index (χ1) is 30.1. The molecule has 324 valence electrons. The number of aryl methyl sites for hydroxylation is 1. The van der Waals surface area contributed by atoms with Crippen molar-refractivity contribution in [2.75, 3.05) is 51.2 Å². The Balaban J connectivity index is 0.676. The molecule has 3 N–H and O–H groups in total. The van der Waals surface area contributed by atoms with E-state index in [4.69, 9.17) is 4.74 Å². The second-order valence-electron chi connectivity index (χ2n) is 17.2. The summed E-state index contributed by atoms with van der Waals surface area (Å²) in [4.78, 5) is 99.8. The number of amides is 6. The zero-order valence-corrected chi connectivity index (χ0v) is 34.8. The lowest BCUT2D eigenvalue weighted by Crippen LogP contribution is -2.54. The Bertz CT molecular complexity index is 2400. The number of nitrogens with one attached hydrogen (secondary N) is 3. The van der Waals surface area contributed by atoms with Crippen LogP contribution in [-0.2, 0) is 14.4 Å². The third kappa shape index (κ3) is 8.47. The van der Waals surface area contributed by atoms with Crippen molar-refractivity contribution in [3.05, 3.63) is 71.6 Å². The molecule has 62 heavy (non-hydrogen) atoms. The minimum absolute atomic E-state index is 0.0304. The number of fused-ring (bicyclic) bond motifs is 2. The predicted octanol–water partition coefficient (Wildman–Crippen LogP) is 2.90. The van der Waals surface area contributed by atoms with E-state index in [1.165, 1.54) is 6.07 Å². The van der Waals surface area contributed by atoms with Gasteiger partial charge in [-0.2, -0.15) is 0 Å². The Labute approximate surface area is 358 Å². The third-order valence-corrected chi connectivity index (χ3v) is 13.1. The molecule has 4 fully saturated rings. The van der Waals surface area contributed by atoms with E-state index in [0.29, 0.717) is 30.6 Å². The van der Waals surface area contributed by atoms with Crippen LogP contribution in [0, 0.1) is 18.8 Å². The lowest BCUT2D eigenvalue weighted by atomic mass is 9.86. The number of rotatable bonds is 13. The van der Waals surface area contributed by atoms with E-state index in [-0.39, 0.29) is 60.2 Å². The lowest BCUT2D eigenvalue weighted by molar-refractivity contribution is -0.136. The minimum atomic E-state index is -1.08. The number of piperidine rings is 3. The van der Waals surface area contributed by atoms with Gasteiger partial charge < -0.3 is 29.7 Å². The topological polar surface area (TPSA) is 214 Å². The highest BCUT2D eigenvalue weighted by Crippen LogP contribution is 2.36. The molecule has 1 aromatic carbocycles. The van der Waals surface area contributed by atoms with Crippen LogP contribution in [0.3, 0.4) is 0 Å². The van der Waals surface area contributed by atoms with Crippen LogP contribution in [0.15, 0.2) is 49.1 Å². The highest BCUT2D eigenvalue weighted by atomic mass is 16.5. The molecule has 1 atom stereocenters. The van der Waals surface area contributed by atoms with Crippen LogP contribution in [0.5, 0.6) is 5.75 Å². The number of nitrogens with zero attached hydrogens (tertiary/aromatic N) is 8. The zero-order chi connectivity index (χ0) is 42.9. The number of carbonyl (C=O) groups is 6. The SMILES string of the molecule is Cc1cccc(C(=O)NC2CC(n3cnc4c(NCCC5CCN(CC6CCN(C(=O)COc7cccc8c7C(=O)N([C@H]7CCC(=O)NC7=O)C8=O)CC6)CC5)ncnc43)C2)n1. The first-order valence-corrected chi connectivity index (χ1v) is 21.7. The minimum Gasteiger partial charge on any atom is -0.483 e. The monoisotopic (exact) mass is 845 g/mol. The number of hydrogen-bond donors (Lipinski definition) is 3. The van der Waals surface area contributed by atoms with Gasteiger partial charge in [0.1, 0.15) is 29.3 Å². The summed E-state index contributed by atoms with van der Waals surface area (Å²) in [7, 11) is 0. The Morgan fingerprint density at radius 2 is 1.66 bits per heavy atom. The largest absolute Gasteiger partial charge is 0.483 e. The van der Waals surface area contributed by atoms with Crippen molar-refractivity contribution in [1.29, 1.82) is 0 Å². The molecule has 4 aromatic rings. The van der Waals surface area contributed by atoms with Crippen molar-refractivity contribution in [3.8, 4) is 5.75 Å². The smallest absolute Gasteiger partial charge is 0.270 e. The third-order valence-electron chi connectivity index (χ3n) is 13.1. The lowest BCUT2D eigenvalue weighted by Gasteiger charge is -2.37. The molecule has 0 radical (unpaired) electrons. The van der Waals surface area contributed by atoms with Gasteiger partial charge in [0, 0.05) is 50.4 Å². The molecule has 0 bridgehead atoms. The molecule has 9 rings (SSSR count). The van der Waals surface area contributed by atoms with Gasteiger partial charge in [0.15, 0.2) is 18.1 Å². The van der Waals surface area contributed by atoms with Crippen molar-refractivity contribution < 1.29 is 33.5 Å². The Hall–Kier alpha value is -6.30. The average molecular weight is 846 g/mol. The van der Waals surface area contributed by atoms with E-state index >= 15 is 0 Å². The second-order valence-corrected chi connectivity index (χ2v) is 17.2. The van der Waals surface area contributed by atoms with Crippen LogP contribution in [0.25, 0.3) is 11.2 Å². The van der Waals surface area contributed by atoms with Gasteiger partial charge in [0.05, 0.1) is 17.5 Å². The summed E-state index contributed by atoms with van der Waals surface area (Å²) in [5.41, 5.74) is 2.94. The van der Waals surface area contributed by atoms with Gasteiger partial charge in [0.2, 0.25) is 11.8 Å². The summed E-state index contributed by atoms with van der Waals surface area (Å²) in [6, 6.07) is 9.28. The summed E-state index contributed by atoms with van der Waals surface area (Å²) in [6.07, 6.45) is 10.2. The summed E-state index contributed by atoms with van der Waals surface area (Å²) >= 11 is 0. The summed E-state index contributed by atoms with van der Waals surface area (Å²) in [6.45, 7) is 6.77. The van der Waals surface area contributed by atoms with Gasteiger partial charge in [-0.05, 0) is 107 Å². The Morgan fingerprint density at radius 3 is 2.44 bits per heavy atom. The molecular weight excluding hydrogens is 795 g/mol. The molecule has 18 heteroatoms. The van der Waals surface area contributed by atoms with Gasteiger partial charge in [-0.15, -0.1) is 0 Å².